The molecule has 0 fully saturated rings. The summed E-state index contributed by atoms with van der Waals surface area (Å²) in [5.41, 5.74) is 0. The Bertz CT molecular complexity index is 261. The molecule has 1 heteroatoms. The lowest BCUT2D eigenvalue weighted by Gasteiger charge is -2.07. The smallest absolute Gasteiger partial charge is 0.0518 e. The fourth-order valence-corrected chi connectivity index (χ4v) is 4.03. The summed E-state index contributed by atoms with van der Waals surface area (Å²) in [6.07, 6.45) is 32.2. The van der Waals surface area contributed by atoms with E-state index in [2.05, 4.69) is 20.8 Å². The highest BCUT2D eigenvalue weighted by molar-refractivity contribution is 4.51. The van der Waals surface area contributed by atoms with Crippen LogP contribution in [0, 0.1) is 0 Å². The highest BCUT2D eigenvalue weighted by Gasteiger charge is 1.96. The van der Waals surface area contributed by atoms with E-state index >= 15 is 0 Å². The van der Waals surface area contributed by atoms with E-state index in [1.807, 2.05) is 0 Å². The molecule has 0 rings (SSSR count). The first-order chi connectivity index (χ1) is 13.8. The molecule has 1 nitrogen and oxygen atoms in total. The minimum absolute atomic E-state index is 0.398. The molecule has 0 aliphatic rings. The van der Waals surface area contributed by atoms with Crippen LogP contribution in [0.1, 0.15) is 162 Å². The fraction of sp³-hybridized carbons (Fsp3) is 1.00. The zero-order chi connectivity index (χ0) is 20.5. The van der Waals surface area contributed by atoms with Gasteiger partial charge in [-0.15, -0.1) is 0 Å². The van der Waals surface area contributed by atoms with Gasteiger partial charge in [-0.25, -0.2) is 0 Å². The molecule has 0 amide bonds. The van der Waals surface area contributed by atoms with Crippen LogP contribution in [0.5, 0.6) is 0 Å². The molecule has 0 spiro atoms. The monoisotopic (exact) mass is 396 g/mol. The van der Waals surface area contributed by atoms with E-state index in [0.29, 0.717) is 6.10 Å². The largest absolute Gasteiger partial charge is 0.379 e. The van der Waals surface area contributed by atoms with E-state index in [0.717, 1.165) is 6.61 Å². The number of hydrogen-bond acceptors (Lipinski definition) is 1. The molecule has 0 radical (unpaired) electrons. The van der Waals surface area contributed by atoms with Gasteiger partial charge in [0.1, 0.15) is 0 Å². The SMILES string of the molecule is CCCCCCCCCCCCCCCCCCCCCCCCOC(C)C. The van der Waals surface area contributed by atoms with Crippen LogP contribution in [0.15, 0.2) is 0 Å². The van der Waals surface area contributed by atoms with E-state index in [4.69, 9.17) is 4.74 Å². The van der Waals surface area contributed by atoms with Crippen LogP contribution >= 0.6 is 0 Å². The quantitative estimate of drug-likeness (QED) is 0.147. The van der Waals surface area contributed by atoms with E-state index in [1.54, 1.807) is 0 Å². The summed E-state index contributed by atoms with van der Waals surface area (Å²) < 4.78 is 5.59. The highest BCUT2D eigenvalue weighted by atomic mass is 16.5. The van der Waals surface area contributed by atoms with Crippen molar-refractivity contribution in [3.8, 4) is 0 Å². The van der Waals surface area contributed by atoms with Crippen LogP contribution in [-0.4, -0.2) is 12.7 Å². The molecule has 0 atom stereocenters. The second-order valence-corrected chi connectivity index (χ2v) is 9.34. The second-order valence-electron chi connectivity index (χ2n) is 9.34. The molecule has 0 unspecified atom stereocenters. The third-order valence-electron chi connectivity index (χ3n) is 5.95. The number of rotatable bonds is 24. The van der Waals surface area contributed by atoms with E-state index in [-0.39, 0.29) is 0 Å². The summed E-state index contributed by atoms with van der Waals surface area (Å²) in [5.74, 6) is 0. The lowest BCUT2D eigenvalue weighted by atomic mass is 10.0. The second kappa shape index (κ2) is 25.0. The van der Waals surface area contributed by atoms with Crippen LogP contribution in [0.2, 0.25) is 0 Å². The third-order valence-corrected chi connectivity index (χ3v) is 5.95. The Morgan fingerprint density at radius 1 is 0.393 bits per heavy atom. The van der Waals surface area contributed by atoms with Gasteiger partial charge in [-0.2, -0.15) is 0 Å². The van der Waals surface area contributed by atoms with Gasteiger partial charge in [-0.05, 0) is 20.3 Å². The zero-order valence-electron chi connectivity index (χ0n) is 20.2. The predicted molar refractivity (Wildman–Crippen MR) is 128 cm³/mol. The first kappa shape index (κ1) is 28.0. The minimum atomic E-state index is 0.398. The minimum Gasteiger partial charge on any atom is -0.379 e. The van der Waals surface area contributed by atoms with Crippen molar-refractivity contribution >= 4 is 0 Å². The molecule has 0 bridgehead atoms. The van der Waals surface area contributed by atoms with Crippen LogP contribution in [0.25, 0.3) is 0 Å². The molecule has 0 aromatic heterocycles. The van der Waals surface area contributed by atoms with E-state index in [9.17, 15) is 0 Å². The molecule has 0 aliphatic carbocycles. The summed E-state index contributed by atoms with van der Waals surface area (Å²) in [6.45, 7) is 7.50. The average molecular weight is 397 g/mol. The number of hydrogen-bond donors (Lipinski definition) is 0. The van der Waals surface area contributed by atoms with Gasteiger partial charge >= 0.3 is 0 Å². The fourth-order valence-electron chi connectivity index (χ4n) is 4.03. The average Bonchev–Trinajstić information content (AvgIpc) is 2.68. The summed E-state index contributed by atoms with van der Waals surface area (Å²) in [4.78, 5) is 0. The van der Waals surface area contributed by atoms with Gasteiger partial charge in [0, 0.05) is 6.61 Å². The van der Waals surface area contributed by atoms with E-state index < -0.39 is 0 Å². The molecule has 28 heavy (non-hydrogen) atoms. The molecule has 0 saturated heterocycles. The Kier molecular flexibility index (Phi) is 25.0. The molecule has 0 heterocycles. The Hall–Kier alpha value is -0.0400. The lowest BCUT2D eigenvalue weighted by Crippen LogP contribution is -2.03. The maximum absolute atomic E-state index is 5.59. The van der Waals surface area contributed by atoms with Crippen LogP contribution in [0.3, 0.4) is 0 Å². The Morgan fingerprint density at radius 3 is 0.893 bits per heavy atom. The van der Waals surface area contributed by atoms with Gasteiger partial charge < -0.3 is 4.74 Å². The van der Waals surface area contributed by atoms with Crippen molar-refractivity contribution in [2.45, 2.75) is 168 Å². The third kappa shape index (κ3) is 26.0. The highest BCUT2D eigenvalue weighted by Crippen LogP contribution is 2.15. The van der Waals surface area contributed by atoms with Gasteiger partial charge in [0.25, 0.3) is 0 Å². The lowest BCUT2D eigenvalue weighted by molar-refractivity contribution is 0.0756. The first-order valence-electron chi connectivity index (χ1n) is 13.4. The van der Waals surface area contributed by atoms with Gasteiger partial charge in [0.15, 0.2) is 0 Å². The maximum Gasteiger partial charge on any atom is 0.0518 e. The van der Waals surface area contributed by atoms with Crippen molar-refractivity contribution in [1.29, 1.82) is 0 Å². The summed E-state index contributed by atoms with van der Waals surface area (Å²) in [5, 5.41) is 0. The van der Waals surface area contributed by atoms with Crippen molar-refractivity contribution < 1.29 is 4.74 Å². The molecule has 170 valence electrons. The number of unbranched alkanes of at least 4 members (excludes halogenated alkanes) is 21. The Balaban J connectivity index is 2.98. The van der Waals surface area contributed by atoms with Crippen molar-refractivity contribution in [2.24, 2.45) is 0 Å². The maximum atomic E-state index is 5.59. The van der Waals surface area contributed by atoms with Crippen LogP contribution in [-0.2, 0) is 4.74 Å². The molecular weight excluding hydrogens is 340 g/mol. The summed E-state index contributed by atoms with van der Waals surface area (Å²) in [6, 6.07) is 0. The van der Waals surface area contributed by atoms with Crippen molar-refractivity contribution in [1.82, 2.24) is 0 Å². The van der Waals surface area contributed by atoms with Crippen LogP contribution in [0.4, 0.5) is 0 Å². The summed E-state index contributed by atoms with van der Waals surface area (Å²) >= 11 is 0. The topological polar surface area (TPSA) is 9.23 Å². The molecule has 0 aromatic carbocycles. The molecule has 0 aliphatic heterocycles. The van der Waals surface area contributed by atoms with Gasteiger partial charge in [-0.3, -0.25) is 0 Å². The Morgan fingerprint density at radius 2 is 0.643 bits per heavy atom. The summed E-state index contributed by atoms with van der Waals surface area (Å²) in [7, 11) is 0. The standard InChI is InChI=1S/C27H56O/c1-4-5-6-7-8-9-10-11-12-13-14-15-16-17-18-19-20-21-22-23-24-25-26-28-27(2)3/h27H,4-26H2,1-3H3. The molecular formula is C27H56O. The predicted octanol–water partition coefficient (Wildman–Crippen LogP) is 10.0. The normalized spacial score (nSPS) is 11.6. The first-order valence-corrected chi connectivity index (χ1v) is 13.4. The van der Waals surface area contributed by atoms with Gasteiger partial charge in [-0.1, -0.05) is 142 Å². The molecule has 0 saturated carbocycles. The van der Waals surface area contributed by atoms with Crippen molar-refractivity contribution in [2.75, 3.05) is 6.61 Å². The van der Waals surface area contributed by atoms with Gasteiger partial charge in [0.05, 0.1) is 6.10 Å². The van der Waals surface area contributed by atoms with E-state index in [1.165, 1.54) is 141 Å². The van der Waals surface area contributed by atoms with Gasteiger partial charge in [0.2, 0.25) is 0 Å². The number of ether oxygens (including phenoxy) is 1. The molecule has 0 aromatic rings. The van der Waals surface area contributed by atoms with Crippen molar-refractivity contribution in [3.63, 3.8) is 0 Å². The molecule has 0 N–H and O–H groups in total. The van der Waals surface area contributed by atoms with Crippen molar-refractivity contribution in [3.05, 3.63) is 0 Å². The zero-order valence-corrected chi connectivity index (χ0v) is 20.2. The van der Waals surface area contributed by atoms with Crippen LogP contribution < -0.4 is 0 Å². The Labute approximate surface area is 179 Å².